The average Bonchev–Trinajstić information content (AvgIpc) is 2.94. The van der Waals surface area contributed by atoms with Gasteiger partial charge in [0.15, 0.2) is 6.61 Å². The fourth-order valence-electron chi connectivity index (χ4n) is 3.69. The molecule has 0 fully saturated rings. The minimum Gasteiger partial charge on any atom is -0.481 e. The van der Waals surface area contributed by atoms with Crippen molar-refractivity contribution in [3.63, 3.8) is 0 Å². The summed E-state index contributed by atoms with van der Waals surface area (Å²) in [6.07, 6.45) is -0.0882. The number of hydrogen-bond donors (Lipinski definition) is 2. The standard InChI is InChI=1S/C28H30ClNO8S/c1-3-37-27(32)18-38-26-12-11-23(16-24(26)28(33)36-2)39(34,35)22-9-7-19(8-10-22)13-14-30-17-25(31)20-5-4-6-21(29)15-20/h4-12,15-16,25,30-31H,3,13-14,17-18H2,1-2H3/t25-/m0/s1. The molecule has 0 amide bonds. The summed E-state index contributed by atoms with van der Waals surface area (Å²) in [6.45, 7) is 2.29. The van der Waals surface area contributed by atoms with Crippen LogP contribution in [0.5, 0.6) is 5.75 Å². The number of rotatable bonds is 13. The molecule has 0 aliphatic heterocycles. The highest BCUT2D eigenvalue weighted by Crippen LogP contribution is 2.28. The molecule has 0 heterocycles. The molecule has 1 atom stereocenters. The first-order valence-electron chi connectivity index (χ1n) is 12.1. The van der Waals surface area contributed by atoms with Crippen LogP contribution >= 0.6 is 11.6 Å². The van der Waals surface area contributed by atoms with Crippen molar-refractivity contribution in [2.45, 2.75) is 29.2 Å². The van der Waals surface area contributed by atoms with Crippen LogP contribution in [-0.2, 0) is 30.5 Å². The highest BCUT2D eigenvalue weighted by Gasteiger charge is 2.23. The van der Waals surface area contributed by atoms with Crippen molar-refractivity contribution >= 4 is 33.4 Å². The Bertz CT molecular complexity index is 1390. The van der Waals surface area contributed by atoms with E-state index in [0.717, 1.165) is 24.3 Å². The summed E-state index contributed by atoms with van der Waals surface area (Å²) >= 11 is 5.97. The number of hydrogen-bond acceptors (Lipinski definition) is 9. The van der Waals surface area contributed by atoms with Crippen molar-refractivity contribution in [2.24, 2.45) is 0 Å². The van der Waals surface area contributed by atoms with Gasteiger partial charge in [-0.15, -0.1) is 0 Å². The molecular formula is C28H30ClNO8S. The van der Waals surface area contributed by atoms with Crippen LogP contribution in [-0.4, -0.2) is 58.9 Å². The Balaban J connectivity index is 1.65. The van der Waals surface area contributed by atoms with Crippen LogP contribution in [0.2, 0.25) is 5.02 Å². The van der Waals surface area contributed by atoms with Gasteiger partial charge in [-0.05, 0) is 73.5 Å². The van der Waals surface area contributed by atoms with Crippen molar-refractivity contribution in [3.8, 4) is 5.75 Å². The number of ether oxygens (including phenoxy) is 3. The number of halogens is 1. The monoisotopic (exact) mass is 575 g/mol. The summed E-state index contributed by atoms with van der Waals surface area (Å²) in [7, 11) is -2.80. The maximum absolute atomic E-state index is 13.2. The number of esters is 2. The Morgan fingerprint density at radius 2 is 1.74 bits per heavy atom. The van der Waals surface area contributed by atoms with Crippen LogP contribution in [0, 0.1) is 0 Å². The predicted molar refractivity (Wildman–Crippen MR) is 145 cm³/mol. The molecule has 0 radical (unpaired) electrons. The van der Waals surface area contributed by atoms with E-state index in [0.29, 0.717) is 24.5 Å². The number of aliphatic hydroxyl groups is 1. The van der Waals surface area contributed by atoms with E-state index in [2.05, 4.69) is 5.32 Å². The fourth-order valence-corrected chi connectivity index (χ4v) is 5.17. The number of nitrogens with one attached hydrogen (secondary N) is 1. The fraction of sp³-hybridized carbons (Fsp3) is 0.286. The molecule has 2 N–H and O–H groups in total. The van der Waals surface area contributed by atoms with E-state index < -0.39 is 34.5 Å². The van der Waals surface area contributed by atoms with E-state index in [9.17, 15) is 23.1 Å². The van der Waals surface area contributed by atoms with Crippen molar-refractivity contribution in [1.29, 1.82) is 0 Å². The third-order valence-corrected chi connectivity index (χ3v) is 7.72. The number of benzene rings is 3. The van der Waals surface area contributed by atoms with Gasteiger partial charge in [-0.1, -0.05) is 35.9 Å². The van der Waals surface area contributed by atoms with Gasteiger partial charge >= 0.3 is 11.9 Å². The van der Waals surface area contributed by atoms with Crippen LogP contribution in [0.3, 0.4) is 0 Å². The number of aliphatic hydroxyl groups excluding tert-OH is 1. The number of carbonyl (C=O) groups is 2. The highest BCUT2D eigenvalue weighted by atomic mass is 35.5. The van der Waals surface area contributed by atoms with Crippen molar-refractivity contribution in [2.75, 3.05) is 33.4 Å². The van der Waals surface area contributed by atoms with Crippen LogP contribution in [0.1, 0.15) is 34.5 Å². The van der Waals surface area contributed by atoms with Crippen molar-refractivity contribution in [1.82, 2.24) is 5.32 Å². The molecule has 3 rings (SSSR count). The smallest absolute Gasteiger partial charge is 0.344 e. The maximum atomic E-state index is 13.2. The van der Waals surface area contributed by atoms with E-state index in [4.69, 9.17) is 25.8 Å². The lowest BCUT2D eigenvalue weighted by Crippen LogP contribution is -2.23. The average molecular weight is 576 g/mol. The Hall–Kier alpha value is -3.44. The number of carbonyl (C=O) groups excluding carboxylic acids is 2. The summed E-state index contributed by atoms with van der Waals surface area (Å²) in [5.41, 5.74) is 1.49. The largest absolute Gasteiger partial charge is 0.481 e. The van der Waals surface area contributed by atoms with Gasteiger partial charge in [0.1, 0.15) is 11.3 Å². The first-order chi connectivity index (χ1) is 18.6. The SMILES string of the molecule is CCOC(=O)COc1ccc(S(=O)(=O)c2ccc(CCNC[C@H](O)c3cccc(Cl)c3)cc2)cc1C(=O)OC. The molecule has 0 saturated carbocycles. The van der Waals surface area contributed by atoms with Crippen molar-refractivity contribution in [3.05, 3.63) is 88.4 Å². The quantitative estimate of drug-likeness (QED) is 0.231. The normalized spacial score (nSPS) is 12.0. The summed E-state index contributed by atoms with van der Waals surface area (Å²) in [6, 6.07) is 17.2. The maximum Gasteiger partial charge on any atom is 0.344 e. The molecule has 0 aliphatic carbocycles. The molecule has 0 saturated heterocycles. The lowest BCUT2D eigenvalue weighted by atomic mass is 10.1. The summed E-state index contributed by atoms with van der Waals surface area (Å²) in [5, 5.41) is 14.0. The molecule has 3 aromatic carbocycles. The molecular weight excluding hydrogens is 546 g/mol. The third kappa shape index (κ3) is 8.27. The summed E-state index contributed by atoms with van der Waals surface area (Å²) in [5.74, 6) is -1.44. The van der Waals surface area contributed by atoms with E-state index in [1.165, 1.54) is 24.3 Å². The Morgan fingerprint density at radius 3 is 2.41 bits per heavy atom. The molecule has 0 bridgehead atoms. The van der Waals surface area contributed by atoms with Crippen molar-refractivity contribution < 1.29 is 37.3 Å². The van der Waals surface area contributed by atoms with Gasteiger partial charge < -0.3 is 24.6 Å². The predicted octanol–water partition coefficient (Wildman–Crippen LogP) is 3.77. The Kier molecular flexibility index (Phi) is 10.9. The zero-order valence-corrected chi connectivity index (χ0v) is 23.1. The molecule has 11 heteroatoms. The van der Waals surface area contributed by atoms with Gasteiger partial charge in [0.25, 0.3) is 0 Å². The number of sulfone groups is 1. The molecule has 3 aromatic rings. The van der Waals surface area contributed by atoms with E-state index in [-0.39, 0.29) is 27.7 Å². The van der Waals surface area contributed by atoms with Gasteiger partial charge in [-0.3, -0.25) is 0 Å². The minimum absolute atomic E-state index is 0.00261. The van der Waals surface area contributed by atoms with Gasteiger partial charge in [0.05, 0.1) is 29.6 Å². The Morgan fingerprint density at radius 1 is 1.03 bits per heavy atom. The van der Waals surface area contributed by atoms with Gasteiger partial charge in [0, 0.05) is 11.6 Å². The van der Waals surface area contributed by atoms with Crippen LogP contribution in [0.15, 0.2) is 76.5 Å². The first kappa shape index (κ1) is 30.1. The Labute approximate surface area is 232 Å². The third-order valence-electron chi connectivity index (χ3n) is 5.71. The summed E-state index contributed by atoms with van der Waals surface area (Å²) in [4.78, 5) is 23.8. The number of methoxy groups -OCH3 is 1. The zero-order valence-electron chi connectivity index (χ0n) is 21.6. The molecule has 0 aromatic heterocycles. The van der Waals surface area contributed by atoms with Gasteiger partial charge in [-0.2, -0.15) is 0 Å². The summed E-state index contributed by atoms with van der Waals surface area (Å²) < 4.78 is 41.4. The topological polar surface area (TPSA) is 128 Å². The minimum atomic E-state index is -3.96. The van der Waals surface area contributed by atoms with E-state index in [1.54, 1.807) is 43.3 Å². The van der Waals surface area contributed by atoms with E-state index in [1.807, 2.05) is 0 Å². The lowest BCUT2D eigenvalue weighted by Gasteiger charge is -2.13. The second-order valence-corrected chi connectivity index (χ2v) is 10.8. The second-order valence-electron chi connectivity index (χ2n) is 8.42. The lowest BCUT2D eigenvalue weighted by molar-refractivity contribution is -0.145. The van der Waals surface area contributed by atoms with Crippen LogP contribution < -0.4 is 10.1 Å². The molecule has 39 heavy (non-hydrogen) atoms. The molecule has 0 aliphatic rings. The molecule has 0 unspecified atom stereocenters. The highest BCUT2D eigenvalue weighted by molar-refractivity contribution is 7.91. The first-order valence-corrected chi connectivity index (χ1v) is 14.0. The van der Waals surface area contributed by atoms with Crippen LogP contribution in [0.4, 0.5) is 0 Å². The second kappa shape index (κ2) is 14.1. The van der Waals surface area contributed by atoms with Gasteiger partial charge in [0.2, 0.25) is 9.84 Å². The van der Waals surface area contributed by atoms with Crippen LogP contribution in [0.25, 0.3) is 0 Å². The van der Waals surface area contributed by atoms with Gasteiger partial charge in [-0.25, -0.2) is 18.0 Å². The molecule has 0 spiro atoms. The molecule has 208 valence electrons. The molecule has 9 nitrogen and oxygen atoms in total. The zero-order chi connectivity index (χ0) is 28.4. The van der Waals surface area contributed by atoms with E-state index >= 15 is 0 Å².